The standard InChI is InChI=1S/C16H8N2/c1-18-16-10-8-14(9-11-16)3-2-13-4-6-15(12-17)7-5-13/h4-11H. The average molecular weight is 228 g/mol. The van der Waals surface area contributed by atoms with Gasteiger partial charge in [-0.15, -0.1) is 0 Å². The van der Waals surface area contributed by atoms with Crippen molar-refractivity contribution in [3.63, 3.8) is 0 Å². The normalized spacial score (nSPS) is 8.56. The molecular formula is C16H8N2. The summed E-state index contributed by atoms with van der Waals surface area (Å²) in [4.78, 5) is 3.32. The molecule has 0 unspecified atom stereocenters. The Balaban J connectivity index is 2.20. The highest BCUT2D eigenvalue weighted by Crippen LogP contribution is 2.11. The van der Waals surface area contributed by atoms with Gasteiger partial charge in [-0.05, 0) is 24.3 Å². The lowest BCUT2D eigenvalue weighted by atomic mass is 10.1. The molecule has 0 aliphatic heterocycles. The summed E-state index contributed by atoms with van der Waals surface area (Å²) in [6.07, 6.45) is 0. The molecule has 2 rings (SSSR count). The first-order valence-corrected chi connectivity index (χ1v) is 5.31. The highest BCUT2D eigenvalue weighted by Gasteiger charge is 1.91. The quantitative estimate of drug-likeness (QED) is 0.501. The summed E-state index contributed by atoms with van der Waals surface area (Å²) < 4.78 is 0. The Kier molecular flexibility index (Phi) is 3.41. The van der Waals surface area contributed by atoms with Crippen LogP contribution in [0.15, 0.2) is 48.5 Å². The molecule has 0 aliphatic carbocycles. The Bertz CT molecular complexity index is 623. The molecule has 0 aromatic heterocycles. The van der Waals surface area contributed by atoms with Gasteiger partial charge < -0.3 is 0 Å². The first-order chi connectivity index (χ1) is 8.81. The van der Waals surface area contributed by atoms with E-state index in [0.717, 1.165) is 11.1 Å². The Morgan fingerprint density at radius 2 is 1.22 bits per heavy atom. The molecule has 2 aromatic rings. The maximum Gasteiger partial charge on any atom is 0.187 e. The van der Waals surface area contributed by atoms with Crippen molar-refractivity contribution in [2.24, 2.45) is 0 Å². The topological polar surface area (TPSA) is 28.1 Å². The summed E-state index contributed by atoms with van der Waals surface area (Å²) in [7, 11) is 0. The van der Waals surface area contributed by atoms with Crippen LogP contribution in [-0.2, 0) is 0 Å². The molecular weight excluding hydrogens is 220 g/mol. The van der Waals surface area contributed by atoms with Crippen molar-refractivity contribution in [2.45, 2.75) is 0 Å². The molecule has 82 valence electrons. The lowest BCUT2D eigenvalue weighted by molar-refractivity contribution is 1.48. The van der Waals surface area contributed by atoms with Gasteiger partial charge in [-0.25, -0.2) is 4.85 Å². The molecule has 2 heteroatoms. The number of hydrogen-bond acceptors (Lipinski definition) is 1. The summed E-state index contributed by atoms with van der Waals surface area (Å²) >= 11 is 0. The molecule has 0 bridgehead atoms. The summed E-state index contributed by atoms with van der Waals surface area (Å²) in [6.45, 7) is 6.85. The zero-order valence-electron chi connectivity index (χ0n) is 9.51. The Hall–Kier alpha value is -3.02. The molecule has 0 N–H and O–H groups in total. The van der Waals surface area contributed by atoms with Gasteiger partial charge in [0, 0.05) is 11.1 Å². The van der Waals surface area contributed by atoms with Gasteiger partial charge >= 0.3 is 0 Å². The fourth-order valence-electron chi connectivity index (χ4n) is 1.39. The van der Waals surface area contributed by atoms with E-state index in [0.29, 0.717) is 11.3 Å². The van der Waals surface area contributed by atoms with Crippen LogP contribution in [-0.4, -0.2) is 0 Å². The zero-order chi connectivity index (χ0) is 12.8. The minimum absolute atomic E-state index is 0.610. The largest absolute Gasteiger partial charge is 0.238 e. The molecule has 0 aliphatic rings. The summed E-state index contributed by atoms with van der Waals surface area (Å²) in [5.74, 6) is 6.03. The minimum atomic E-state index is 0.610. The smallest absolute Gasteiger partial charge is 0.187 e. The van der Waals surface area contributed by atoms with E-state index in [1.165, 1.54) is 0 Å². The van der Waals surface area contributed by atoms with Gasteiger partial charge in [-0.1, -0.05) is 36.1 Å². The van der Waals surface area contributed by atoms with Gasteiger partial charge in [0.2, 0.25) is 0 Å². The monoisotopic (exact) mass is 228 g/mol. The van der Waals surface area contributed by atoms with Crippen LogP contribution in [0.4, 0.5) is 5.69 Å². The molecule has 2 nitrogen and oxygen atoms in total. The fourth-order valence-corrected chi connectivity index (χ4v) is 1.39. The molecule has 0 heterocycles. The van der Waals surface area contributed by atoms with Crippen LogP contribution in [0.3, 0.4) is 0 Å². The lowest BCUT2D eigenvalue weighted by Gasteiger charge is -1.92. The Morgan fingerprint density at radius 3 is 1.67 bits per heavy atom. The van der Waals surface area contributed by atoms with Crippen LogP contribution < -0.4 is 0 Å². The van der Waals surface area contributed by atoms with Crippen molar-refractivity contribution in [3.05, 3.63) is 76.6 Å². The van der Waals surface area contributed by atoms with Gasteiger partial charge in [-0.2, -0.15) is 5.26 Å². The summed E-state index contributed by atoms with van der Waals surface area (Å²) in [6, 6.07) is 16.3. The van der Waals surface area contributed by atoms with Gasteiger partial charge in [0.25, 0.3) is 0 Å². The predicted octanol–water partition coefficient (Wildman–Crippen LogP) is 3.51. The van der Waals surface area contributed by atoms with Gasteiger partial charge in [0.15, 0.2) is 5.69 Å². The number of hydrogen-bond donors (Lipinski definition) is 0. The minimum Gasteiger partial charge on any atom is -0.238 e. The molecule has 18 heavy (non-hydrogen) atoms. The molecule has 0 saturated heterocycles. The van der Waals surface area contributed by atoms with E-state index in [2.05, 4.69) is 22.8 Å². The van der Waals surface area contributed by atoms with E-state index in [1.807, 2.05) is 24.3 Å². The van der Waals surface area contributed by atoms with Crippen molar-refractivity contribution in [2.75, 3.05) is 0 Å². The highest BCUT2D eigenvalue weighted by atomic mass is 14.6. The first-order valence-electron chi connectivity index (χ1n) is 5.31. The van der Waals surface area contributed by atoms with Crippen molar-refractivity contribution >= 4 is 5.69 Å². The Labute approximate surface area is 106 Å². The van der Waals surface area contributed by atoms with Crippen molar-refractivity contribution in [1.82, 2.24) is 0 Å². The van der Waals surface area contributed by atoms with Crippen LogP contribution in [0.2, 0.25) is 0 Å². The van der Waals surface area contributed by atoms with Crippen LogP contribution in [0, 0.1) is 29.7 Å². The third-order valence-electron chi connectivity index (χ3n) is 2.36. The predicted molar refractivity (Wildman–Crippen MR) is 69.8 cm³/mol. The maximum absolute atomic E-state index is 8.68. The van der Waals surface area contributed by atoms with E-state index in [-0.39, 0.29) is 0 Å². The summed E-state index contributed by atoms with van der Waals surface area (Å²) in [5.41, 5.74) is 2.97. The van der Waals surface area contributed by atoms with Gasteiger partial charge in [0.1, 0.15) is 0 Å². The molecule has 2 aromatic carbocycles. The van der Waals surface area contributed by atoms with Crippen LogP contribution in [0.5, 0.6) is 0 Å². The second-order valence-electron chi connectivity index (χ2n) is 3.60. The third-order valence-corrected chi connectivity index (χ3v) is 2.36. The number of benzene rings is 2. The van der Waals surface area contributed by atoms with E-state index < -0.39 is 0 Å². The molecule has 0 saturated carbocycles. The van der Waals surface area contributed by atoms with Gasteiger partial charge in [-0.3, -0.25) is 0 Å². The highest BCUT2D eigenvalue weighted by molar-refractivity contribution is 5.51. The molecule has 0 atom stereocenters. The summed E-state index contributed by atoms with van der Waals surface area (Å²) in [5, 5.41) is 8.68. The third kappa shape index (κ3) is 2.76. The van der Waals surface area contributed by atoms with E-state index in [1.54, 1.807) is 24.3 Å². The second kappa shape index (κ2) is 5.35. The molecule has 0 spiro atoms. The van der Waals surface area contributed by atoms with E-state index in [4.69, 9.17) is 11.8 Å². The van der Waals surface area contributed by atoms with Crippen LogP contribution in [0.1, 0.15) is 16.7 Å². The van der Waals surface area contributed by atoms with Gasteiger partial charge in [0.05, 0.1) is 18.2 Å². The lowest BCUT2D eigenvalue weighted by Crippen LogP contribution is -1.77. The number of nitriles is 1. The van der Waals surface area contributed by atoms with E-state index in [9.17, 15) is 0 Å². The zero-order valence-corrected chi connectivity index (χ0v) is 9.51. The number of rotatable bonds is 0. The van der Waals surface area contributed by atoms with E-state index >= 15 is 0 Å². The second-order valence-corrected chi connectivity index (χ2v) is 3.60. The van der Waals surface area contributed by atoms with Crippen molar-refractivity contribution in [3.8, 4) is 17.9 Å². The van der Waals surface area contributed by atoms with Crippen LogP contribution in [0.25, 0.3) is 4.85 Å². The van der Waals surface area contributed by atoms with Crippen LogP contribution >= 0.6 is 0 Å². The van der Waals surface area contributed by atoms with Crippen molar-refractivity contribution < 1.29 is 0 Å². The average Bonchev–Trinajstić information content (AvgIpc) is 2.46. The molecule has 0 fully saturated rings. The molecule has 0 radical (unpaired) electrons. The van der Waals surface area contributed by atoms with Crippen molar-refractivity contribution in [1.29, 1.82) is 5.26 Å². The Morgan fingerprint density at radius 1 is 0.778 bits per heavy atom. The molecule has 0 amide bonds. The first kappa shape index (κ1) is 11.5. The SMILES string of the molecule is [C-]#[N+]c1ccc(C#Cc2ccc(C#N)cc2)cc1. The number of nitrogens with zero attached hydrogens (tertiary/aromatic N) is 2. The fraction of sp³-hybridized carbons (Fsp3) is 0. The maximum atomic E-state index is 8.68.